The highest BCUT2D eigenvalue weighted by atomic mass is 19.1. The van der Waals surface area contributed by atoms with Crippen LogP contribution in [0.2, 0.25) is 0 Å². The molecule has 1 saturated heterocycles. The molecule has 1 heterocycles. The SMILES string of the molecule is COc1cccc(C2/C(=C(\O)c3ccc(F)cc3)C(=O)C(=O)N2Cc2ccccc2)c1. The lowest BCUT2D eigenvalue weighted by atomic mass is 9.95. The average molecular weight is 417 g/mol. The second kappa shape index (κ2) is 8.44. The molecule has 5 nitrogen and oxygen atoms in total. The molecule has 3 aromatic carbocycles. The van der Waals surface area contributed by atoms with E-state index in [0.29, 0.717) is 11.3 Å². The van der Waals surface area contributed by atoms with Gasteiger partial charge in [0.1, 0.15) is 17.3 Å². The van der Waals surface area contributed by atoms with Crippen LogP contribution in [0.3, 0.4) is 0 Å². The van der Waals surface area contributed by atoms with Crippen LogP contribution in [0.5, 0.6) is 5.75 Å². The fourth-order valence-electron chi connectivity index (χ4n) is 3.74. The summed E-state index contributed by atoms with van der Waals surface area (Å²) in [5.74, 6) is -1.75. The Kier molecular flexibility index (Phi) is 5.54. The lowest BCUT2D eigenvalue weighted by molar-refractivity contribution is -0.140. The number of rotatable bonds is 5. The third-order valence-electron chi connectivity index (χ3n) is 5.26. The smallest absolute Gasteiger partial charge is 0.295 e. The molecule has 6 heteroatoms. The third-order valence-corrected chi connectivity index (χ3v) is 5.26. The molecule has 4 rings (SSSR count). The standard InChI is InChI=1S/C25H20FNO4/c1-31-20-9-5-8-18(14-20)22-21(23(28)17-10-12-19(26)13-11-17)24(29)25(30)27(22)15-16-6-3-2-4-7-16/h2-14,22,28H,15H2,1H3/b23-21+. The van der Waals surface area contributed by atoms with Gasteiger partial charge in [0.15, 0.2) is 0 Å². The molecule has 0 saturated carbocycles. The van der Waals surface area contributed by atoms with E-state index in [1.165, 1.54) is 36.3 Å². The number of hydrogen-bond donors (Lipinski definition) is 1. The van der Waals surface area contributed by atoms with Gasteiger partial charge in [0.05, 0.1) is 18.7 Å². The van der Waals surface area contributed by atoms with Crippen molar-refractivity contribution in [3.63, 3.8) is 0 Å². The lowest BCUT2D eigenvalue weighted by Gasteiger charge is -2.25. The molecule has 3 aromatic rings. The van der Waals surface area contributed by atoms with Crippen LogP contribution < -0.4 is 4.74 Å². The summed E-state index contributed by atoms with van der Waals surface area (Å²) in [7, 11) is 1.53. The Balaban J connectivity index is 1.87. The van der Waals surface area contributed by atoms with Gasteiger partial charge >= 0.3 is 0 Å². The number of halogens is 1. The van der Waals surface area contributed by atoms with Crippen molar-refractivity contribution in [1.29, 1.82) is 0 Å². The van der Waals surface area contributed by atoms with Crippen LogP contribution in [0.25, 0.3) is 5.76 Å². The summed E-state index contributed by atoms with van der Waals surface area (Å²) in [6.07, 6.45) is 0. The van der Waals surface area contributed by atoms with Gasteiger partial charge in [-0.2, -0.15) is 0 Å². The van der Waals surface area contributed by atoms with Gasteiger partial charge in [-0.05, 0) is 47.5 Å². The molecule has 1 fully saturated rings. The second-order valence-corrected chi connectivity index (χ2v) is 7.20. The third kappa shape index (κ3) is 3.92. The quantitative estimate of drug-likeness (QED) is 0.378. The number of carbonyl (C=O) groups is 2. The first-order chi connectivity index (χ1) is 15.0. The summed E-state index contributed by atoms with van der Waals surface area (Å²) in [5.41, 5.74) is 1.69. The van der Waals surface area contributed by atoms with Crippen LogP contribution in [-0.2, 0) is 16.1 Å². The molecule has 0 aromatic heterocycles. The molecule has 0 spiro atoms. The number of methoxy groups -OCH3 is 1. The summed E-state index contributed by atoms with van der Waals surface area (Å²) in [6.45, 7) is 0.188. The number of carbonyl (C=O) groups excluding carboxylic acids is 2. The number of hydrogen-bond acceptors (Lipinski definition) is 4. The van der Waals surface area contributed by atoms with Crippen molar-refractivity contribution in [1.82, 2.24) is 4.90 Å². The summed E-state index contributed by atoms with van der Waals surface area (Å²) in [5, 5.41) is 11.0. The van der Waals surface area contributed by atoms with Crippen molar-refractivity contribution in [3.8, 4) is 5.75 Å². The monoisotopic (exact) mass is 417 g/mol. The zero-order valence-electron chi connectivity index (χ0n) is 16.8. The molecule has 1 unspecified atom stereocenters. The Labute approximate surface area is 179 Å². The molecule has 31 heavy (non-hydrogen) atoms. The molecule has 0 aliphatic carbocycles. The van der Waals surface area contributed by atoms with Crippen LogP contribution in [0.4, 0.5) is 4.39 Å². The largest absolute Gasteiger partial charge is 0.507 e. The number of aliphatic hydroxyl groups is 1. The minimum atomic E-state index is -0.819. The van der Waals surface area contributed by atoms with Gasteiger partial charge in [0.25, 0.3) is 11.7 Å². The molecule has 1 N–H and O–H groups in total. The van der Waals surface area contributed by atoms with E-state index in [4.69, 9.17) is 4.74 Å². The van der Waals surface area contributed by atoms with Crippen molar-refractivity contribution >= 4 is 17.4 Å². The van der Waals surface area contributed by atoms with Crippen molar-refractivity contribution in [2.24, 2.45) is 0 Å². The van der Waals surface area contributed by atoms with Gasteiger partial charge in [0, 0.05) is 12.1 Å². The number of likely N-dealkylation sites (tertiary alicyclic amines) is 1. The van der Waals surface area contributed by atoms with E-state index in [9.17, 15) is 19.1 Å². The highest BCUT2D eigenvalue weighted by molar-refractivity contribution is 6.46. The van der Waals surface area contributed by atoms with E-state index < -0.39 is 23.5 Å². The van der Waals surface area contributed by atoms with Gasteiger partial charge in [-0.3, -0.25) is 9.59 Å². The molecule has 1 atom stereocenters. The minimum Gasteiger partial charge on any atom is -0.507 e. The van der Waals surface area contributed by atoms with Crippen molar-refractivity contribution in [3.05, 3.63) is 107 Å². The normalized spacial score (nSPS) is 17.7. The van der Waals surface area contributed by atoms with Crippen molar-refractivity contribution in [2.75, 3.05) is 7.11 Å². The molecular weight excluding hydrogens is 397 g/mol. The van der Waals surface area contributed by atoms with Crippen LogP contribution >= 0.6 is 0 Å². The van der Waals surface area contributed by atoms with E-state index in [2.05, 4.69) is 0 Å². The molecule has 1 aliphatic rings. The maximum Gasteiger partial charge on any atom is 0.295 e. The maximum atomic E-state index is 13.4. The number of aliphatic hydroxyl groups excluding tert-OH is 1. The Morgan fingerprint density at radius 1 is 1.00 bits per heavy atom. The van der Waals surface area contributed by atoms with Crippen LogP contribution in [0.1, 0.15) is 22.7 Å². The number of ether oxygens (including phenoxy) is 1. The Morgan fingerprint density at radius 3 is 2.39 bits per heavy atom. The van der Waals surface area contributed by atoms with E-state index >= 15 is 0 Å². The zero-order valence-corrected chi connectivity index (χ0v) is 16.8. The fraction of sp³-hybridized carbons (Fsp3) is 0.120. The zero-order chi connectivity index (χ0) is 22.0. The van der Waals surface area contributed by atoms with Gasteiger partial charge in [0.2, 0.25) is 0 Å². The predicted octanol–water partition coefficient (Wildman–Crippen LogP) is 4.46. The summed E-state index contributed by atoms with van der Waals surface area (Å²) in [6, 6.07) is 20.6. The number of Topliss-reactive ketones (excluding diaryl/α,β-unsaturated/α-hetero) is 1. The van der Waals surface area contributed by atoms with E-state index in [0.717, 1.165) is 5.56 Å². The van der Waals surface area contributed by atoms with Gasteiger partial charge in [-0.1, -0.05) is 42.5 Å². The second-order valence-electron chi connectivity index (χ2n) is 7.20. The van der Waals surface area contributed by atoms with E-state index in [1.807, 2.05) is 30.3 Å². The summed E-state index contributed by atoms with van der Waals surface area (Å²) >= 11 is 0. The van der Waals surface area contributed by atoms with Crippen molar-refractivity contribution < 1.29 is 23.8 Å². The van der Waals surface area contributed by atoms with Gasteiger partial charge in [-0.15, -0.1) is 0 Å². The minimum absolute atomic E-state index is 0.0409. The Bertz CT molecular complexity index is 1160. The molecule has 0 bridgehead atoms. The summed E-state index contributed by atoms with van der Waals surface area (Å²) in [4.78, 5) is 27.4. The first kappa shape index (κ1) is 20.3. The van der Waals surface area contributed by atoms with E-state index in [-0.39, 0.29) is 23.4 Å². The number of amides is 1. The van der Waals surface area contributed by atoms with Gasteiger partial charge < -0.3 is 14.7 Å². The Morgan fingerprint density at radius 2 is 1.71 bits per heavy atom. The Hall–Kier alpha value is -3.93. The maximum absolute atomic E-state index is 13.4. The summed E-state index contributed by atoms with van der Waals surface area (Å²) < 4.78 is 18.7. The topological polar surface area (TPSA) is 66.8 Å². The fourth-order valence-corrected chi connectivity index (χ4v) is 3.74. The van der Waals surface area contributed by atoms with Crippen LogP contribution in [-0.4, -0.2) is 28.8 Å². The molecule has 1 aliphatic heterocycles. The number of ketones is 1. The van der Waals surface area contributed by atoms with Crippen LogP contribution in [0, 0.1) is 5.82 Å². The lowest BCUT2D eigenvalue weighted by Crippen LogP contribution is -2.29. The van der Waals surface area contributed by atoms with E-state index in [1.54, 1.807) is 24.3 Å². The van der Waals surface area contributed by atoms with Crippen molar-refractivity contribution in [2.45, 2.75) is 12.6 Å². The highest BCUT2D eigenvalue weighted by Crippen LogP contribution is 2.41. The molecule has 156 valence electrons. The predicted molar refractivity (Wildman–Crippen MR) is 114 cm³/mol. The molecular formula is C25H20FNO4. The number of benzene rings is 3. The molecule has 1 amide bonds. The van der Waals surface area contributed by atoms with Crippen LogP contribution in [0.15, 0.2) is 84.4 Å². The number of nitrogens with zero attached hydrogens (tertiary/aromatic N) is 1. The van der Waals surface area contributed by atoms with Gasteiger partial charge in [-0.25, -0.2) is 4.39 Å². The first-order valence-corrected chi connectivity index (χ1v) is 9.72. The average Bonchev–Trinajstić information content (AvgIpc) is 3.05. The highest BCUT2D eigenvalue weighted by Gasteiger charge is 2.46. The molecule has 0 radical (unpaired) electrons. The first-order valence-electron chi connectivity index (χ1n) is 9.72.